The monoisotopic (exact) mass is 255 g/mol. The maximum absolute atomic E-state index is 11.7. The second kappa shape index (κ2) is 5.27. The molecule has 1 atom stereocenters. The van der Waals surface area contributed by atoms with Crippen molar-refractivity contribution < 1.29 is 4.79 Å². The Balaban J connectivity index is 2.65. The van der Waals surface area contributed by atoms with E-state index in [-0.39, 0.29) is 11.8 Å². The second-order valence-electron chi connectivity index (χ2n) is 3.42. The number of benzene rings is 1. The van der Waals surface area contributed by atoms with Crippen LogP contribution in [0.4, 0.5) is 0 Å². The van der Waals surface area contributed by atoms with E-state index in [1.807, 2.05) is 31.2 Å². The van der Waals surface area contributed by atoms with Gasteiger partial charge in [0.2, 0.25) is 0 Å². The Morgan fingerprint density at radius 2 is 2.14 bits per heavy atom. The van der Waals surface area contributed by atoms with Crippen LogP contribution >= 0.6 is 15.9 Å². The molecule has 1 aromatic rings. The van der Waals surface area contributed by atoms with E-state index in [2.05, 4.69) is 15.9 Å². The molecule has 0 aromatic heterocycles. The van der Waals surface area contributed by atoms with Crippen molar-refractivity contribution >= 4 is 21.7 Å². The number of ketones is 1. The topological polar surface area (TPSA) is 43.1 Å². The fourth-order valence-corrected chi connectivity index (χ4v) is 1.69. The van der Waals surface area contributed by atoms with Gasteiger partial charge >= 0.3 is 0 Å². The molecule has 3 heteroatoms. The van der Waals surface area contributed by atoms with Crippen molar-refractivity contribution in [1.29, 1.82) is 0 Å². The number of carbonyl (C=O) groups is 1. The first-order valence-corrected chi connectivity index (χ1v) is 5.44. The predicted octanol–water partition coefficient (Wildman–Crippen LogP) is 2.76. The molecule has 0 saturated carbocycles. The average molecular weight is 256 g/mol. The summed E-state index contributed by atoms with van der Waals surface area (Å²) in [5.74, 6) is 0.148. The van der Waals surface area contributed by atoms with Crippen LogP contribution in [0.1, 0.15) is 30.1 Å². The Labute approximate surface area is 92.6 Å². The van der Waals surface area contributed by atoms with Crippen molar-refractivity contribution in [2.75, 3.05) is 0 Å². The molecule has 2 N–H and O–H groups in total. The van der Waals surface area contributed by atoms with E-state index in [1.54, 1.807) is 0 Å². The van der Waals surface area contributed by atoms with Gasteiger partial charge in [-0.05, 0) is 19.4 Å². The maximum atomic E-state index is 11.7. The molecule has 14 heavy (non-hydrogen) atoms. The Morgan fingerprint density at radius 3 is 2.71 bits per heavy atom. The van der Waals surface area contributed by atoms with Crippen LogP contribution in [-0.2, 0) is 0 Å². The van der Waals surface area contributed by atoms with Gasteiger partial charge in [-0.25, -0.2) is 0 Å². The van der Waals surface area contributed by atoms with E-state index in [4.69, 9.17) is 5.73 Å². The third-order valence-electron chi connectivity index (χ3n) is 2.00. The maximum Gasteiger partial charge on any atom is 0.164 e. The fourth-order valence-electron chi connectivity index (χ4n) is 1.18. The molecule has 1 rings (SSSR count). The van der Waals surface area contributed by atoms with Crippen molar-refractivity contribution in [3.05, 3.63) is 34.3 Å². The molecule has 0 bridgehead atoms. The van der Waals surface area contributed by atoms with E-state index in [1.165, 1.54) is 0 Å². The van der Waals surface area contributed by atoms with Crippen molar-refractivity contribution in [1.82, 2.24) is 0 Å². The van der Waals surface area contributed by atoms with E-state index in [0.29, 0.717) is 6.42 Å². The lowest BCUT2D eigenvalue weighted by Gasteiger charge is -2.05. The molecule has 2 nitrogen and oxygen atoms in total. The van der Waals surface area contributed by atoms with Crippen LogP contribution in [0.15, 0.2) is 28.7 Å². The van der Waals surface area contributed by atoms with Crippen LogP contribution in [0.5, 0.6) is 0 Å². The number of halogens is 1. The predicted molar refractivity (Wildman–Crippen MR) is 61.4 cm³/mol. The number of rotatable bonds is 4. The zero-order valence-corrected chi connectivity index (χ0v) is 9.75. The smallest absolute Gasteiger partial charge is 0.164 e. The summed E-state index contributed by atoms with van der Waals surface area (Å²) >= 11 is 3.35. The van der Waals surface area contributed by atoms with Gasteiger partial charge < -0.3 is 5.73 Å². The fraction of sp³-hybridized carbons (Fsp3) is 0.364. The summed E-state index contributed by atoms with van der Waals surface area (Å²) in [4.78, 5) is 11.7. The van der Waals surface area contributed by atoms with Crippen LogP contribution in [0.2, 0.25) is 0 Å². The van der Waals surface area contributed by atoms with E-state index in [9.17, 15) is 4.79 Å². The standard InChI is InChI=1S/C11H14BrNO/c1-8(13)6-7-11(14)9-4-2-3-5-10(9)12/h2-5,8H,6-7,13H2,1H3. The van der Waals surface area contributed by atoms with Gasteiger partial charge in [0, 0.05) is 22.5 Å². The Hall–Kier alpha value is -0.670. The number of nitrogens with two attached hydrogens (primary N) is 1. The van der Waals surface area contributed by atoms with E-state index in [0.717, 1.165) is 16.5 Å². The normalized spacial score (nSPS) is 12.5. The molecule has 0 radical (unpaired) electrons. The van der Waals surface area contributed by atoms with Gasteiger partial charge in [0.25, 0.3) is 0 Å². The molecule has 0 aliphatic heterocycles. The van der Waals surface area contributed by atoms with Crippen LogP contribution in [0.25, 0.3) is 0 Å². The van der Waals surface area contributed by atoms with Gasteiger partial charge in [-0.2, -0.15) is 0 Å². The molecule has 76 valence electrons. The Morgan fingerprint density at radius 1 is 1.50 bits per heavy atom. The van der Waals surface area contributed by atoms with Gasteiger partial charge in [0.1, 0.15) is 0 Å². The number of hydrogen-bond acceptors (Lipinski definition) is 2. The summed E-state index contributed by atoms with van der Waals surface area (Å²) in [7, 11) is 0. The Kier molecular flexibility index (Phi) is 4.29. The minimum absolute atomic E-state index is 0.0847. The molecule has 0 saturated heterocycles. The van der Waals surface area contributed by atoms with Crippen LogP contribution in [-0.4, -0.2) is 11.8 Å². The zero-order chi connectivity index (χ0) is 10.6. The van der Waals surface area contributed by atoms with Crippen LogP contribution in [0.3, 0.4) is 0 Å². The first-order valence-electron chi connectivity index (χ1n) is 4.64. The third kappa shape index (κ3) is 3.24. The molecular weight excluding hydrogens is 242 g/mol. The molecule has 0 spiro atoms. The van der Waals surface area contributed by atoms with Gasteiger partial charge in [0.15, 0.2) is 5.78 Å². The lowest BCUT2D eigenvalue weighted by molar-refractivity contribution is 0.0977. The summed E-state index contributed by atoms with van der Waals surface area (Å²) in [6.45, 7) is 1.91. The summed E-state index contributed by atoms with van der Waals surface area (Å²) in [5, 5.41) is 0. The molecule has 0 amide bonds. The van der Waals surface area contributed by atoms with Gasteiger partial charge in [-0.3, -0.25) is 4.79 Å². The highest BCUT2D eigenvalue weighted by Crippen LogP contribution is 2.18. The van der Waals surface area contributed by atoms with Crippen molar-refractivity contribution in [2.45, 2.75) is 25.8 Å². The molecule has 1 aromatic carbocycles. The molecule has 1 unspecified atom stereocenters. The lowest BCUT2D eigenvalue weighted by Crippen LogP contribution is -2.16. The van der Waals surface area contributed by atoms with Crippen molar-refractivity contribution in [2.24, 2.45) is 5.73 Å². The first-order chi connectivity index (χ1) is 6.61. The summed E-state index contributed by atoms with van der Waals surface area (Å²) in [6, 6.07) is 7.55. The highest BCUT2D eigenvalue weighted by molar-refractivity contribution is 9.10. The summed E-state index contributed by atoms with van der Waals surface area (Å²) in [5.41, 5.74) is 6.34. The van der Waals surface area contributed by atoms with Crippen molar-refractivity contribution in [3.8, 4) is 0 Å². The summed E-state index contributed by atoms with van der Waals surface area (Å²) < 4.78 is 0.856. The first kappa shape index (κ1) is 11.4. The third-order valence-corrected chi connectivity index (χ3v) is 2.69. The van der Waals surface area contributed by atoms with Gasteiger partial charge in [0.05, 0.1) is 0 Å². The quantitative estimate of drug-likeness (QED) is 0.842. The SMILES string of the molecule is CC(N)CCC(=O)c1ccccc1Br. The second-order valence-corrected chi connectivity index (χ2v) is 4.27. The summed E-state index contributed by atoms with van der Waals surface area (Å²) in [6.07, 6.45) is 1.25. The molecule has 0 aliphatic rings. The van der Waals surface area contributed by atoms with E-state index >= 15 is 0 Å². The van der Waals surface area contributed by atoms with Crippen LogP contribution < -0.4 is 5.73 Å². The number of Topliss-reactive ketones (excluding diaryl/α,β-unsaturated/α-hetero) is 1. The highest BCUT2D eigenvalue weighted by atomic mass is 79.9. The highest BCUT2D eigenvalue weighted by Gasteiger charge is 2.09. The Bertz CT molecular complexity index is 323. The van der Waals surface area contributed by atoms with E-state index < -0.39 is 0 Å². The van der Waals surface area contributed by atoms with Crippen molar-refractivity contribution in [3.63, 3.8) is 0 Å². The zero-order valence-electron chi connectivity index (χ0n) is 8.16. The van der Waals surface area contributed by atoms with Gasteiger partial charge in [-0.1, -0.05) is 34.1 Å². The molecule has 0 heterocycles. The number of hydrogen-bond donors (Lipinski definition) is 1. The molecular formula is C11H14BrNO. The van der Waals surface area contributed by atoms with Crippen LogP contribution in [0, 0.1) is 0 Å². The molecule has 0 fully saturated rings. The lowest BCUT2D eigenvalue weighted by atomic mass is 10.0. The minimum atomic E-state index is 0.0847. The largest absolute Gasteiger partial charge is 0.328 e. The molecule has 0 aliphatic carbocycles. The number of carbonyl (C=O) groups excluding carboxylic acids is 1. The average Bonchev–Trinajstić information content (AvgIpc) is 2.15. The minimum Gasteiger partial charge on any atom is -0.328 e. The van der Waals surface area contributed by atoms with Gasteiger partial charge in [-0.15, -0.1) is 0 Å².